The monoisotopic (exact) mass is 236 g/mol. The predicted molar refractivity (Wildman–Crippen MR) is 75.7 cm³/mol. The van der Waals surface area contributed by atoms with Gasteiger partial charge in [-0.3, -0.25) is 0 Å². The van der Waals surface area contributed by atoms with Crippen LogP contribution in [0.2, 0.25) is 0 Å². The van der Waals surface area contributed by atoms with Crippen LogP contribution in [0.4, 0.5) is 0 Å². The largest absolute Gasteiger partial charge is 0.338 e. The number of nitrogens with one attached hydrogen (secondary N) is 1. The van der Waals surface area contributed by atoms with Crippen molar-refractivity contribution in [3.8, 4) is 11.4 Å². The van der Waals surface area contributed by atoms with Crippen molar-refractivity contribution in [2.45, 2.75) is 20.8 Å². The minimum atomic E-state index is 0.947. The summed E-state index contributed by atoms with van der Waals surface area (Å²) in [5.41, 5.74) is 7.06. The molecule has 0 saturated heterocycles. The lowest BCUT2D eigenvalue weighted by atomic mass is 10.1. The number of nitrogens with zero attached hydrogens (tertiary/aromatic N) is 1. The summed E-state index contributed by atoms with van der Waals surface area (Å²) in [7, 11) is 0. The number of hydrogen-bond donors (Lipinski definition) is 1. The maximum Gasteiger partial charge on any atom is 0.138 e. The Morgan fingerprint density at radius 1 is 0.944 bits per heavy atom. The molecular formula is C16H16N2. The van der Waals surface area contributed by atoms with Crippen LogP contribution < -0.4 is 0 Å². The molecule has 1 aromatic heterocycles. The molecule has 0 aliphatic heterocycles. The van der Waals surface area contributed by atoms with Crippen molar-refractivity contribution >= 4 is 11.0 Å². The van der Waals surface area contributed by atoms with E-state index >= 15 is 0 Å². The summed E-state index contributed by atoms with van der Waals surface area (Å²) >= 11 is 0. The van der Waals surface area contributed by atoms with Crippen molar-refractivity contribution in [1.29, 1.82) is 0 Å². The lowest BCUT2D eigenvalue weighted by molar-refractivity contribution is 1.32. The molecule has 0 fully saturated rings. The van der Waals surface area contributed by atoms with E-state index in [0.29, 0.717) is 0 Å². The highest BCUT2D eigenvalue weighted by Crippen LogP contribution is 2.24. The molecule has 0 saturated carbocycles. The highest BCUT2D eigenvalue weighted by Gasteiger charge is 2.07. The van der Waals surface area contributed by atoms with Gasteiger partial charge in [0.15, 0.2) is 0 Å². The van der Waals surface area contributed by atoms with E-state index in [2.05, 4.69) is 62.2 Å². The molecule has 0 amide bonds. The summed E-state index contributed by atoms with van der Waals surface area (Å²) in [6.45, 7) is 6.32. The van der Waals surface area contributed by atoms with Crippen molar-refractivity contribution in [2.75, 3.05) is 0 Å². The van der Waals surface area contributed by atoms with E-state index in [0.717, 1.165) is 22.4 Å². The minimum absolute atomic E-state index is 0.947. The molecule has 0 spiro atoms. The summed E-state index contributed by atoms with van der Waals surface area (Å²) in [5, 5.41) is 0. The Morgan fingerprint density at radius 2 is 1.78 bits per heavy atom. The second-order valence-corrected chi connectivity index (χ2v) is 4.93. The Hall–Kier alpha value is -2.09. The average molecular weight is 236 g/mol. The van der Waals surface area contributed by atoms with Crippen LogP contribution in [0.5, 0.6) is 0 Å². The second-order valence-electron chi connectivity index (χ2n) is 4.93. The summed E-state index contributed by atoms with van der Waals surface area (Å²) in [5.74, 6) is 0.947. The SMILES string of the molecule is Cc1cccc(-c2nc3c(C)cc(C)cc3[nH]2)c1. The van der Waals surface area contributed by atoms with E-state index in [1.54, 1.807) is 0 Å². The number of aromatic amines is 1. The lowest BCUT2D eigenvalue weighted by Crippen LogP contribution is -1.81. The average Bonchev–Trinajstić information content (AvgIpc) is 2.73. The van der Waals surface area contributed by atoms with Crippen molar-refractivity contribution < 1.29 is 0 Å². The van der Waals surface area contributed by atoms with Gasteiger partial charge in [0.25, 0.3) is 0 Å². The van der Waals surface area contributed by atoms with Gasteiger partial charge in [-0.15, -0.1) is 0 Å². The maximum absolute atomic E-state index is 4.71. The van der Waals surface area contributed by atoms with Crippen molar-refractivity contribution in [1.82, 2.24) is 9.97 Å². The molecule has 0 aliphatic carbocycles. The van der Waals surface area contributed by atoms with Crippen LogP contribution in [0, 0.1) is 20.8 Å². The summed E-state index contributed by atoms with van der Waals surface area (Å²) < 4.78 is 0. The van der Waals surface area contributed by atoms with Gasteiger partial charge in [0.05, 0.1) is 11.0 Å². The van der Waals surface area contributed by atoms with Crippen LogP contribution >= 0.6 is 0 Å². The first kappa shape index (κ1) is 11.0. The zero-order valence-corrected chi connectivity index (χ0v) is 10.9. The first-order valence-electron chi connectivity index (χ1n) is 6.17. The topological polar surface area (TPSA) is 28.7 Å². The van der Waals surface area contributed by atoms with E-state index in [4.69, 9.17) is 4.98 Å². The van der Waals surface area contributed by atoms with E-state index in [1.165, 1.54) is 16.7 Å². The van der Waals surface area contributed by atoms with Crippen molar-refractivity contribution in [3.63, 3.8) is 0 Å². The molecule has 1 N–H and O–H groups in total. The lowest BCUT2D eigenvalue weighted by Gasteiger charge is -1.97. The number of fused-ring (bicyclic) bond motifs is 1. The van der Waals surface area contributed by atoms with Gasteiger partial charge in [-0.25, -0.2) is 4.98 Å². The van der Waals surface area contributed by atoms with Gasteiger partial charge in [-0.1, -0.05) is 29.8 Å². The van der Waals surface area contributed by atoms with E-state index in [1.807, 2.05) is 0 Å². The molecule has 0 unspecified atom stereocenters. The third-order valence-corrected chi connectivity index (χ3v) is 3.21. The van der Waals surface area contributed by atoms with Gasteiger partial charge in [-0.05, 0) is 44.0 Å². The first-order chi connectivity index (χ1) is 8.63. The zero-order valence-electron chi connectivity index (χ0n) is 10.9. The molecule has 2 nitrogen and oxygen atoms in total. The van der Waals surface area contributed by atoms with Crippen LogP contribution in [0.15, 0.2) is 36.4 Å². The van der Waals surface area contributed by atoms with E-state index in [-0.39, 0.29) is 0 Å². The van der Waals surface area contributed by atoms with Crippen LogP contribution in [-0.2, 0) is 0 Å². The van der Waals surface area contributed by atoms with E-state index in [9.17, 15) is 0 Å². The number of aromatic nitrogens is 2. The molecule has 1 heterocycles. The number of aryl methyl sites for hydroxylation is 3. The number of imidazole rings is 1. The highest BCUT2D eigenvalue weighted by atomic mass is 14.9. The second kappa shape index (κ2) is 3.98. The van der Waals surface area contributed by atoms with Gasteiger partial charge >= 0.3 is 0 Å². The van der Waals surface area contributed by atoms with Crippen molar-refractivity contribution in [2.24, 2.45) is 0 Å². The quantitative estimate of drug-likeness (QED) is 0.675. The Kier molecular flexibility index (Phi) is 2.44. The maximum atomic E-state index is 4.71. The summed E-state index contributed by atoms with van der Waals surface area (Å²) in [4.78, 5) is 8.12. The standard InChI is InChI=1S/C16H16N2/c1-10-5-4-6-13(8-10)16-17-14-9-11(2)7-12(3)15(14)18-16/h4-9H,1-3H3,(H,17,18). The normalized spacial score (nSPS) is 11.1. The number of rotatable bonds is 1. The fourth-order valence-electron chi connectivity index (χ4n) is 2.40. The molecular weight excluding hydrogens is 220 g/mol. The molecule has 0 atom stereocenters. The Morgan fingerprint density at radius 3 is 2.56 bits per heavy atom. The highest BCUT2D eigenvalue weighted by molar-refractivity contribution is 5.83. The molecule has 0 radical (unpaired) electrons. The molecule has 2 aromatic carbocycles. The Balaban J connectivity index is 2.22. The fourth-order valence-corrected chi connectivity index (χ4v) is 2.40. The fraction of sp³-hybridized carbons (Fsp3) is 0.188. The van der Waals surface area contributed by atoms with Crippen LogP contribution in [-0.4, -0.2) is 9.97 Å². The third kappa shape index (κ3) is 1.80. The van der Waals surface area contributed by atoms with Crippen molar-refractivity contribution in [3.05, 3.63) is 53.1 Å². The predicted octanol–water partition coefficient (Wildman–Crippen LogP) is 4.16. The summed E-state index contributed by atoms with van der Waals surface area (Å²) in [6.07, 6.45) is 0. The Labute approximate surface area is 107 Å². The number of hydrogen-bond acceptors (Lipinski definition) is 1. The number of H-pyrrole nitrogens is 1. The van der Waals surface area contributed by atoms with Gasteiger partial charge in [0.1, 0.15) is 5.82 Å². The minimum Gasteiger partial charge on any atom is -0.338 e. The van der Waals surface area contributed by atoms with Gasteiger partial charge < -0.3 is 4.98 Å². The molecule has 90 valence electrons. The zero-order chi connectivity index (χ0) is 12.7. The van der Waals surface area contributed by atoms with Gasteiger partial charge in [0, 0.05) is 5.56 Å². The molecule has 2 heteroatoms. The molecule has 3 aromatic rings. The van der Waals surface area contributed by atoms with Crippen LogP contribution in [0.1, 0.15) is 16.7 Å². The first-order valence-corrected chi connectivity index (χ1v) is 6.17. The number of benzene rings is 2. The molecule has 3 rings (SSSR count). The molecule has 0 bridgehead atoms. The van der Waals surface area contributed by atoms with Crippen LogP contribution in [0.3, 0.4) is 0 Å². The smallest absolute Gasteiger partial charge is 0.138 e. The summed E-state index contributed by atoms with van der Waals surface area (Å²) in [6, 6.07) is 12.7. The molecule has 18 heavy (non-hydrogen) atoms. The molecule has 0 aliphatic rings. The van der Waals surface area contributed by atoms with Gasteiger partial charge in [0.2, 0.25) is 0 Å². The van der Waals surface area contributed by atoms with E-state index < -0.39 is 0 Å². The van der Waals surface area contributed by atoms with Crippen LogP contribution in [0.25, 0.3) is 22.4 Å². The Bertz CT molecular complexity index is 723. The third-order valence-electron chi connectivity index (χ3n) is 3.21. The van der Waals surface area contributed by atoms with Gasteiger partial charge in [-0.2, -0.15) is 0 Å².